The molecular weight excluding hydrogens is 596 g/mol. The summed E-state index contributed by atoms with van der Waals surface area (Å²) >= 11 is 0. The van der Waals surface area contributed by atoms with Crippen molar-refractivity contribution in [3.63, 3.8) is 0 Å². The highest BCUT2D eigenvalue weighted by atomic mass is 19.3. The minimum atomic E-state index is -4.40. The van der Waals surface area contributed by atoms with Gasteiger partial charge in [0.05, 0.1) is 13.2 Å². The fourth-order valence-corrected chi connectivity index (χ4v) is 4.96. The summed E-state index contributed by atoms with van der Waals surface area (Å²) < 4.78 is 131. The number of alkyl halides is 2. The molecule has 44 heavy (non-hydrogen) atoms. The number of hydrogen-bond donors (Lipinski definition) is 0. The third kappa shape index (κ3) is 6.73. The quantitative estimate of drug-likeness (QED) is 0.137. The van der Waals surface area contributed by atoms with Gasteiger partial charge in [-0.25, -0.2) is 26.3 Å². The van der Waals surface area contributed by atoms with Crippen molar-refractivity contribution in [1.29, 1.82) is 0 Å². The molecule has 4 aromatic carbocycles. The van der Waals surface area contributed by atoms with Crippen molar-refractivity contribution in [3.8, 4) is 28.0 Å². The van der Waals surface area contributed by atoms with E-state index in [9.17, 15) is 35.1 Å². The molecule has 232 valence electrons. The Kier molecular flexibility index (Phi) is 9.26. The predicted octanol–water partition coefficient (Wildman–Crippen LogP) is 9.84. The highest BCUT2D eigenvalue weighted by molar-refractivity contribution is 5.71. The Bertz CT molecular complexity index is 1590. The molecule has 0 spiro atoms. The molecule has 11 heteroatoms. The molecule has 0 atom stereocenters. The minimum Gasteiger partial charge on any atom is -0.429 e. The molecule has 3 nitrogen and oxygen atoms in total. The zero-order valence-electron chi connectivity index (χ0n) is 23.3. The van der Waals surface area contributed by atoms with Crippen LogP contribution in [0.15, 0.2) is 66.7 Å². The average Bonchev–Trinajstić information content (AvgIpc) is 2.98. The molecule has 0 amide bonds. The maximum absolute atomic E-state index is 15.0. The number of unbranched alkanes of at least 4 members (excludes halogenated alkanes) is 1. The standard InChI is InChI=1S/C33H26F8O3/c1-2-3-4-18-16-42-32(43-17-18)22-14-26(35)30(27(36)15-22)33(40,41)44-23-8-5-19(6-9-23)20-7-10-24(25(34)11-20)21-12-28(37)31(39)29(38)13-21/h5-15,18,32H,2-4,16-17H2,1H3. The largest absolute Gasteiger partial charge is 0.432 e. The number of benzene rings is 4. The lowest BCUT2D eigenvalue weighted by Gasteiger charge is -2.30. The predicted molar refractivity (Wildman–Crippen MR) is 146 cm³/mol. The van der Waals surface area contributed by atoms with Crippen LogP contribution in [0.3, 0.4) is 0 Å². The van der Waals surface area contributed by atoms with Crippen LogP contribution in [0, 0.1) is 40.8 Å². The Morgan fingerprint density at radius 1 is 0.705 bits per heavy atom. The summed E-state index contributed by atoms with van der Waals surface area (Å²) in [6.07, 6.45) is -2.64. The maximum atomic E-state index is 15.0. The van der Waals surface area contributed by atoms with Gasteiger partial charge in [0.15, 0.2) is 23.7 Å². The van der Waals surface area contributed by atoms with E-state index in [1.54, 1.807) is 0 Å². The Morgan fingerprint density at radius 3 is 1.84 bits per heavy atom. The monoisotopic (exact) mass is 622 g/mol. The van der Waals surface area contributed by atoms with E-state index in [2.05, 4.69) is 4.74 Å². The molecule has 0 N–H and O–H groups in total. The Labute approximate surface area is 248 Å². The average molecular weight is 623 g/mol. The lowest BCUT2D eigenvalue weighted by atomic mass is 9.99. The lowest BCUT2D eigenvalue weighted by Crippen LogP contribution is -2.28. The highest BCUT2D eigenvalue weighted by Gasteiger charge is 2.42. The van der Waals surface area contributed by atoms with E-state index in [1.165, 1.54) is 24.3 Å². The van der Waals surface area contributed by atoms with Crippen LogP contribution in [0.2, 0.25) is 0 Å². The van der Waals surface area contributed by atoms with Gasteiger partial charge in [0.1, 0.15) is 28.8 Å². The fourth-order valence-electron chi connectivity index (χ4n) is 4.96. The van der Waals surface area contributed by atoms with Crippen LogP contribution >= 0.6 is 0 Å². The van der Waals surface area contributed by atoms with Crippen molar-refractivity contribution >= 4 is 0 Å². The van der Waals surface area contributed by atoms with Gasteiger partial charge in [0.2, 0.25) is 0 Å². The molecule has 1 saturated heterocycles. The summed E-state index contributed by atoms with van der Waals surface area (Å²) in [5.74, 6) is -8.90. The van der Waals surface area contributed by atoms with Gasteiger partial charge in [-0.15, -0.1) is 0 Å². The van der Waals surface area contributed by atoms with Crippen molar-refractivity contribution in [1.82, 2.24) is 0 Å². The summed E-state index contributed by atoms with van der Waals surface area (Å²) in [5.41, 5.74) is -1.48. The van der Waals surface area contributed by atoms with Crippen molar-refractivity contribution in [3.05, 3.63) is 113 Å². The van der Waals surface area contributed by atoms with Gasteiger partial charge in [-0.05, 0) is 65.6 Å². The number of halogens is 8. The van der Waals surface area contributed by atoms with Gasteiger partial charge in [0.25, 0.3) is 0 Å². The first kappa shape index (κ1) is 31.5. The third-order valence-corrected chi connectivity index (χ3v) is 7.26. The van der Waals surface area contributed by atoms with Crippen LogP contribution in [0.1, 0.15) is 43.6 Å². The van der Waals surface area contributed by atoms with Gasteiger partial charge in [-0.1, -0.05) is 44.0 Å². The first-order valence-electron chi connectivity index (χ1n) is 13.8. The molecule has 1 fully saturated rings. The van der Waals surface area contributed by atoms with Crippen molar-refractivity contribution in [2.24, 2.45) is 5.92 Å². The van der Waals surface area contributed by atoms with E-state index < -0.39 is 58.6 Å². The minimum absolute atomic E-state index is 0.0780. The van der Waals surface area contributed by atoms with Gasteiger partial charge < -0.3 is 14.2 Å². The van der Waals surface area contributed by atoms with Crippen LogP contribution in [-0.2, 0) is 15.6 Å². The smallest absolute Gasteiger partial charge is 0.429 e. The van der Waals surface area contributed by atoms with Crippen molar-refractivity contribution < 1.29 is 49.3 Å². The number of rotatable bonds is 9. The zero-order valence-corrected chi connectivity index (χ0v) is 23.3. The molecule has 1 heterocycles. The van der Waals surface area contributed by atoms with Crippen LogP contribution < -0.4 is 4.74 Å². The van der Waals surface area contributed by atoms with E-state index in [4.69, 9.17) is 9.47 Å². The van der Waals surface area contributed by atoms with Gasteiger partial charge in [0, 0.05) is 17.0 Å². The Morgan fingerprint density at radius 2 is 1.27 bits per heavy atom. The molecule has 0 unspecified atom stereocenters. The van der Waals surface area contributed by atoms with E-state index in [1.807, 2.05) is 6.92 Å². The summed E-state index contributed by atoms with van der Waals surface area (Å²) in [6.45, 7) is 2.68. The van der Waals surface area contributed by atoms with Crippen molar-refractivity contribution in [2.75, 3.05) is 13.2 Å². The molecule has 1 aliphatic rings. The number of ether oxygens (including phenoxy) is 3. The molecule has 4 aromatic rings. The normalized spacial score (nSPS) is 17.1. The molecule has 0 saturated carbocycles. The van der Waals surface area contributed by atoms with Crippen LogP contribution in [0.4, 0.5) is 35.1 Å². The van der Waals surface area contributed by atoms with Gasteiger partial charge in [-0.2, -0.15) is 8.78 Å². The van der Waals surface area contributed by atoms with Gasteiger partial charge in [-0.3, -0.25) is 0 Å². The molecule has 0 radical (unpaired) electrons. The second-order valence-electron chi connectivity index (χ2n) is 10.5. The highest BCUT2D eigenvalue weighted by Crippen LogP contribution is 2.38. The summed E-state index contributed by atoms with van der Waals surface area (Å²) in [4.78, 5) is 0. The Hall–Kier alpha value is -3.96. The van der Waals surface area contributed by atoms with Crippen LogP contribution in [0.5, 0.6) is 5.75 Å². The second-order valence-corrected chi connectivity index (χ2v) is 10.5. The molecule has 0 aromatic heterocycles. The second kappa shape index (κ2) is 13.0. The van der Waals surface area contributed by atoms with Gasteiger partial charge >= 0.3 is 6.11 Å². The van der Waals surface area contributed by atoms with E-state index in [-0.39, 0.29) is 28.2 Å². The summed E-state index contributed by atoms with van der Waals surface area (Å²) in [5, 5.41) is 0. The van der Waals surface area contributed by atoms with Crippen LogP contribution in [-0.4, -0.2) is 13.2 Å². The molecule has 0 bridgehead atoms. The van der Waals surface area contributed by atoms with E-state index in [0.29, 0.717) is 30.9 Å². The summed E-state index contributed by atoms with van der Waals surface area (Å²) in [6, 6.07) is 11.2. The van der Waals surface area contributed by atoms with Crippen molar-refractivity contribution in [2.45, 2.75) is 38.6 Å². The van der Waals surface area contributed by atoms with E-state index >= 15 is 0 Å². The Balaban J connectivity index is 1.29. The summed E-state index contributed by atoms with van der Waals surface area (Å²) in [7, 11) is 0. The molecular formula is C33H26F8O3. The lowest BCUT2D eigenvalue weighted by molar-refractivity contribution is -0.206. The van der Waals surface area contributed by atoms with E-state index in [0.717, 1.165) is 49.6 Å². The first-order chi connectivity index (χ1) is 21.0. The molecule has 0 aliphatic carbocycles. The molecule has 5 rings (SSSR count). The van der Waals surface area contributed by atoms with Crippen LogP contribution in [0.25, 0.3) is 22.3 Å². The fraction of sp³-hybridized carbons (Fsp3) is 0.273. The first-order valence-corrected chi connectivity index (χ1v) is 13.8. The topological polar surface area (TPSA) is 27.7 Å². The molecule has 1 aliphatic heterocycles. The SMILES string of the molecule is CCCCC1COC(c2cc(F)c(C(F)(F)Oc3ccc(-c4ccc(-c5cc(F)c(F)c(F)c5)c(F)c4)cc3)c(F)c2)OC1. The zero-order chi connectivity index (χ0) is 31.6. The number of hydrogen-bond acceptors (Lipinski definition) is 3. The maximum Gasteiger partial charge on any atom is 0.432 e. The third-order valence-electron chi connectivity index (χ3n) is 7.26.